The van der Waals surface area contributed by atoms with Gasteiger partial charge in [-0.05, 0) is 26.1 Å². The number of benzene rings is 1. The Bertz CT molecular complexity index is 766. The van der Waals surface area contributed by atoms with Gasteiger partial charge in [0.05, 0.1) is 34.2 Å². The minimum absolute atomic E-state index is 0.0791. The number of nitrogens with zero attached hydrogens (tertiary/aromatic N) is 3. The maximum Gasteiger partial charge on any atom is 0.0934 e. The molecule has 3 rings (SSSR count). The van der Waals surface area contributed by atoms with E-state index in [1.54, 1.807) is 6.20 Å². The molecular formula is C16H17ClN4. The van der Waals surface area contributed by atoms with Gasteiger partial charge < -0.3 is 5.32 Å². The summed E-state index contributed by atoms with van der Waals surface area (Å²) in [6.07, 6.45) is 1.69. The van der Waals surface area contributed by atoms with E-state index in [-0.39, 0.29) is 6.04 Å². The number of hydrogen-bond acceptors (Lipinski definition) is 3. The highest BCUT2D eigenvalue weighted by Crippen LogP contribution is 2.28. The summed E-state index contributed by atoms with van der Waals surface area (Å²) in [6, 6.07) is 12.1. The van der Waals surface area contributed by atoms with Crippen molar-refractivity contribution in [2.24, 2.45) is 0 Å². The average Bonchev–Trinajstić information content (AvgIpc) is 2.89. The van der Waals surface area contributed by atoms with Crippen molar-refractivity contribution < 1.29 is 0 Å². The molecule has 1 aromatic carbocycles. The number of nitrogens with one attached hydrogen (secondary N) is 1. The quantitative estimate of drug-likeness (QED) is 0.803. The zero-order valence-corrected chi connectivity index (χ0v) is 12.8. The van der Waals surface area contributed by atoms with E-state index in [9.17, 15) is 0 Å². The van der Waals surface area contributed by atoms with Crippen molar-refractivity contribution in [3.05, 3.63) is 59.0 Å². The number of para-hydroxylation sites is 1. The lowest BCUT2D eigenvalue weighted by molar-refractivity contribution is 0.557. The van der Waals surface area contributed by atoms with E-state index in [1.165, 1.54) is 0 Å². The van der Waals surface area contributed by atoms with Crippen molar-refractivity contribution in [1.82, 2.24) is 20.1 Å². The first kappa shape index (κ1) is 14.0. The summed E-state index contributed by atoms with van der Waals surface area (Å²) in [5, 5.41) is 9.39. The van der Waals surface area contributed by atoms with Crippen LogP contribution in [0.5, 0.6) is 0 Å². The van der Waals surface area contributed by atoms with Crippen molar-refractivity contribution in [2.75, 3.05) is 7.05 Å². The third-order valence-corrected chi connectivity index (χ3v) is 3.90. The van der Waals surface area contributed by atoms with E-state index in [1.807, 2.05) is 42.9 Å². The molecule has 3 aromatic rings. The van der Waals surface area contributed by atoms with Crippen LogP contribution in [0.3, 0.4) is 0 Å². The molecule has 2 aromatic heterocycles. The standard InChI is InChI=1S/C16H17ClN4/c1-3-21-16(12(17)10-19-21)15(18-2)14-9-8-11-6-4-5-7-13(11)20-14/h4-10,15,18H,3H2,1-2H3. The zero-order chi connectivity index (χ0) is 14.8. The van der Waals surface area contributed by atoms with E-state index in [4.69, 9.17) is 16.6 Å². The Balaban J connectivity index is 2.11. The summed E-state index contributed by atoms with van der Waals surface area (Å²) in [7, 11) is 1.91. The minimum Gasteiger partial charge on any atom is -0.307 e. The molecule has 0 aliphatic heterocycles. The summed E-state index contributed by atoms with van der Waals surface area (Å²) in [6.45, 7) is 2.82. The van der Waals surface area contributed by atoms with Crippen LogP contribution in [0.4, 0.5) is 0 Å². The SMILES string of the molecule is CCn1ncc(Cl)c1C(NC)c1ccc2ccccc2n1. The van der Waals surface area contributed by atoms with Crippen LogP contribution in [-0.4, -0.2) is 21.8 Å². The number of fused-ring (bicyclic) bond motifs is 1. The third kappa shape index (κ3) is 2.52. The largest absolute Gasteiger partial charge is 0.307 e. The van der Waals surface area contributed by atoms with Crippen LogP contribution in [0.25, 0.3) is 10.9 Å². The molecule has 0 amide bonds. The number of aryl methyl sites for hydroxylation is 1. The molecule has 0 bridgehead atoms. The Hall–Kier alpha value is -1.91. The molecule has 108 valence electrons. The molecule has 1 atom stereocenters. The lowest BCUT2D eigenvalue weighted by Gasteiger charge is -2.18. The highest BCUT2D eigenvalue weighted by Gasteiger charge is 2.21. The van der Waals surface area contributed by atoms with Crippen LogP contribution in [0.2, 0.25) is 5.02 Å². The molecule has 0 saturated heterocycles. The van der Waals surface area contributed by atoms with Crippen LogP contribution in [-0.2, 0) is 6.54 Å². The van der Waals surface area contributed by atoms with Gasteiger partial charge in [0.25, 0.3) is 0 Å². The molecule has 0 fully saturated rings. The summed E-state index contributed by atoms with van der Waals surface area (Å²) in [4.78, 5) is 4.76. The van der Waals surface area contributed by atoms with Crippen molar-refractivity contribution in [2.45, 2.75) is 19.5 Å². The van der Waals surface area contributed by atoms with Crippen LogP contribution in [0, 0.1) is 0 Å². The molecule has 4 nitrogen and oxygen atoms in total. The van der Waals surface area contributed by atoms with Gasteiger partial charge in [0.2, 0.25) is 0 Å². The average molecular weight is 301 g/mol. The molecule has 0 radical (unpaired) electrons. The Kier molecular flexibility index (Phi) is 3.90. The number of rotatable bonds is 4. The molecule has 2 heterocycles. The monoisotopic (exact) mass is 300 g/mol. The molecule has 1 unspecified atom stereocenters. The van der Waals surface area contributed by atoms with E-state index in [0.29, 0.717) is 5.02 Å². The van der Waals surface area contributed by atoms with Gasteiger partial charge in [-0.15, -0.1) is 0 Å². The number of aromatic nitrogens is 3. The van der Waals surface area contributed by atoms with Crippen molar-refractivity contribution in [1.29, 1.82) is 0 Å². The van der Waals surface area contributed by atoms with Crippen LogP contribution >= 0.6 is 11.6 Å². The summed E-state index contributed by atoms with van der Waals surface area (Å²) < 4.78 is 1.90. The van der Waals surface area contributed by atoms with Gasteiger partial charge in [-0.3, -0.25) is 9.67 Å². The number of hydrogen-bond donors (Lipinski definition) is 1. The molecular weight excluding hydrogens is 284 g/mol. The second kappa shape index (κ2) is 5.84. The van der Waals surface area contributed by atoms with Crippen molar-refractivity contribution >= 4 is 22.5 Å². The first-order valence-corrected chi connectivity index (χ1v) is 7.36. The fourth-order valence-electron chi connectivity index (χ4n) is 2.58. The zero-order valence-electron chi connectivity index (χ0n) is 12.0. The third-order valence-electron chi connectivity index (χ3n) is 3.61. The van der Waals surface area contributed by atoms with Crippen LogP contribution in [0.1, 0.15) is 24.4 Å². The number of pyridine rings is 1. The highest BCUT2D eigenvalue weighted by molar-refractivity contribution is 6.31. The van der Waals surface area contributed by atoms with Crippen LogP contribution in [0.15, 0.2) is 42.6 Å². The van der Waals surface area contributed by atoms with Crippen LogP contribution < -0.4 is 5.32 Å². The van der Waals surface area contributed by atoms with Gasteiger partial charge >= 0.3 is 0 Å². The molecule has 0 spiro atoms. The highest BCUT2D eigenvalue weighted by atomic mass is 35.5. The maximum atomic E-state index is 6.31. The molecule has 0 aliphatic rings. The van der Waals surface area contributed by atoms with E-state index < -0.39 is 0 Å². The Morgan fingerprint density at radius 3 is 2.81 bits per heavy atom. The van der Waals surface area contributed by atoms with E-state index in [2.05, 4.69) is 22.5 Å². The Morgan fingerprint density at radius 1 is 1.24 bits per heavy atom. The fraction of sp³-hybridized carbons (Fsp3) is 0.250. The molecule has 0 saturated carbocycles. The summed E-state index contributed by atoms with van der Waals surface area (Å²) in [5.74, 6) is 0. The first-order chi connectivity index (χ1) is 10.2. The van der Waals surface area contributed by atoms with Gasteiger partial charge in [0.1, 0.15) is 0 Å². The fourth-order valence-corrected chi connectivity index (χ4v) is 2.83. The van der Waals surface area contributed by atoms with Gasteiger partial charge in [-0.2, -0.15) is 5.10 Å². The second-order valence-corrected chi connectivity index (χ2v) is 5.25. The molecule has 0 aliphatic carbocycles. The van der Waals surface area contributed by atoms with E-state index in [0.717, 1.165) is 28.8 Å². The Morgan fingerprint density at radius 2 is 2.05 bits per heavy atom. The topological polar surface area (TPSA) is 42.7 Å². The van der Waals surface area contributed by atoms with Gasteiger partial charge in [0, 0.05) is 11.9 Å². The van der Waals surface area contributed by atoms with Crippen molar-refractivity contribution in [3.8, 4) is 0 Å². The van der Waals surface area contributed by atoms with Gasteiger partial charge in [-0.25, -0.2) is 0 Å². The Labute approximate surface area is 128 Å². The minimum atomic E-state index is -0.0791. The molecule has 1 N–H and O–H groups in total. The second-order valence-electron chi connectivity index (χ2n) is 4.84. The first-order valence-electron chi connectivity index (χ1n) is 6.98. The van der Waals surface area contributed by atoms with E-state index >= 15 is 0 Å². The lowest BCUT2D eigenvalue weighted by atomic mass is 10.1. The van der Waals surface area contributed by atoms with Gasteiger partial charge in [0.15, 0.2) is 0 Å². The number of halogens is 1. The smallest absolute Gasteiger partial charge is 0.0934 e. The normalized spacial score (nSPS) is 12.7. The predicted molar refractivity (Wildman–Crippen MR) is 85.6 cm³/mol. The van der Waals surface area contributed by atoms with Crippen molar-refractivity contribution in [3.63, 3.8) is 0 Å². The molecule has 21 heavy (non-hydrogen) atoms. The predicted octanol–water partition coefficient (Wildman–Crippen LogP) is 3.41. The van der Waals surface area contributed by atoms with Gasteiger partial charge in [-0.1, -0.05) is 35.9 Å². The summed E-state index contributed by atoms with van der Waals surface area (Å²) >= 11 is 6.31. The lowest BCUT2D eigenvalue weighted by Crippen LogP contribution is -2.22. The summed E-state index contributed by atoms with van der Waals surface area (Å²) in [5.41, 5.74) is 2.87. The maximum absolute atomic E-state index is 6.31. The molecule has 5 heteroatoms.